The highest BCUT2D eigenvalue weighted by Crippen LogP contribution is 2.19. The fourth-order valence-electron chi connectivity index (χ4n) is 3.49. The van der Waals surface area contributed by atoms with Crippen LogP contribution in [0.4, 0.5) is 0 Å². The molecule has 1 saturated heterocycles. The average molecular weight is 406 g/mol. The second-order valence-corrected chi connectivity index (χ2v) is 9.03. The Morgan fingerprint density at radius 1 is 1.30 bits per heavy atom. The zero-order chi connectivity index (χ0) is 19.4. The lowest BCUT2D eigenvalue weighted by molar-refractivity contribution is -0.131. The Bertz CT molecular complexity index is 900. The second-order valence-electron chi connectivity index (χ2n) is 7.03. The zero-order valence-electron chi connectivity index (χ0n) is 16.2. The smallest absolute Gasteiger partial charge is 0.258 e. The molecule has 0 bridgehead atoms. The van der Waals surface area contributed by atoms with Gasteiger partial charge in [-0.1, -0.05) is 17.4 Å². The number of likely N-dealkylation sites (tertiary alicyclic amines) is 1. The summed E-state index contributed by atoms with van der Waals surface area (Å²) in [5, 5.41) is 0. The minimum absolute atomic E-state index is 0.140. The summed E-state index contributed by atoms with van der Waals surface area (Å²) < 4.78 is 3.22. The van der Waals surface area contributed by atoms with Crippen LogP contribution in [0, 0.1) is 6.92 Å². The van der Waals surface area contributed by atoms with E-state index in [1.807, 2.05) is 4.90 Å². The van der Waals surface area contributed by atoms with Crippen molar-refractivity contribution >= 4 is 45.1 Å². The first-order valence-electron chi connectivity index (χ1n) is 9.54. The Labute approximate surface area is 168 Å². The molecule has 1 fully saturated rings. The average Bonchev–Trinajstić information content (AvgIpc) is 2.97. The Morgan fingerprint density at radius 3 is 2.85 bits per heavy atom. The van der Waals surface area contributed by atoms with Crippen LogP contribution in [-0.4, -0.2) is 45.4 Å². The molecule has 2 aromatic rings. The van der Waals surface area contributed by atoms with Gasteiger partial charge in [0, 0.05) is 19.1 Å². The molecule has 0 unspecified atom stereocenters. The van der Waals surface area contributed by atoms with Crippen LogP contribution in [0.2, 0.25) is 0 Å². The number of carbonyl (C=O) groups is 2. The highest BCUT2D eigenvalue weighted by molar-refractivity contribution is 8.00. The SMILES string of the molecule is CCn1c(=NC(=O)CSCC(=O)N2CCCC[C@@H]2C)sc2cc(C)ccc21. The summed E-state index contributed by atoms with van der Waals surface area (Å²) in [5.41, 5.74) is 2.31. The minimum Gasteiger partial charge on any atom is -0.339 e. The third kappa shape index (κ3) is 4.82. The Hall–Kier alpha value is -1.60. The molecule has 5 nitrogen and oxygen atoms in total. The van der Waals surface area contributed by atoms with Crippen LogP contribution in [-0.2, 0) is 16.1 Å². The number of hydrogen-bond donors (Lipinski definition) is 0. The highest BCUT2D eigenvalue weighted by atomic mass is 32.2. The van der Waals surface area contributed by atoms with Crippen LogP contribution >= 0.6 is 23.1 Å². The molecule has 1 aromatic carbocycles. The predicted molar refractivity (Wildman–Crippen MR) is 113 cm³/mol. The number of aromatic nitrogens is 1. The number of aryl methyl sites for hydroxylation is 2. The molecule has 3 rings (SSSR count). The molecule has 1 atom stereocenters. The van der Waals surface area contributed by atoms with E-state index in [-0.39, 0.29) is 17.6 Å². The van der Waals surface area contributed by atoms with Crippen molar-refractivity contribution in [3.63, 3.8) is 0 Å². The molecule has 1 aliphatic heterocycles. The van der Waals surface area contributed by atoms with Gasteiger partial charge in [-0.05, 0) is 57.7 Å². The van der Waals surface area contributed by atoms with E-state index in [0.717, 1.165) is 40.9 Å². The number of thiazole rings is 1. The molecule has 27 heavy (non-hydrogen) atoms. The van der Waals surface area contributed by atoms with Crippen molar-refractivity contribution in [2.24, 2.45) is 4.99 Å². The van der Waals surface area contributed by atoms with E-state index in [9.17, 15) is 9.59 Å². The Balaban J connectivity index is 1.63. The van der Waals surface area contributed by atoms with Crippen LogP contribution in [0.5, 0.6) is 0 Å². The first kappa shape index (κ1) is 20.1. The predicted octanol–water partition coefficient (Wildman–Crippen LogP) is 3.59. The third-order valence-electron chi connectivity index (χ3n) is 4.95. The number of thioether (sulfide) groups is 1. The summed E-state index contributed by atoms with van der Waals surface area (Å²) in [5.74, 6) is 0.557. The van der Waals surface area contributed by atoms with Gasteiger partial charge in [0.15, 0.2) is 4.80 Å². The van der Waals surface area contributed by atoms with E-state index in [4.69, 9.17) is 0 Å². The quantitative estimate of drug-likeness (QED) is 0.764. The van der Waals surface area contributed by atoms with E-state index in [0.29, 0.717) is 11.8 Å². The molecule has 0 N–H and O–H groups in total. The lowest BCUT2D eigenvalue weighted by Gasteiger charge is -2.33. The molecular weight excluding hydrogens is 378 g/mol. The number of carbonyl (C=O) groups excluding carboxylic acids is 2. The molecule has 0 saturated carbocycles. The van der Waals surface area contributed by atoms with Crippen LogP contribution in [0.1, 0.15) is 38.7 Å². The van der Waals surface area contributed by atoms with E-state index < -0.39 is 0 Å². The molecule has 2 amide bonds. The molecule has 7 heteroatoms. The van der Waals surface area contributed by atoms with Crippen molar-refractivity contribution in [1.82, 2.24) is 9.47 Å². The summed E-state index contributed by atoms with van der Waals surface area (Å²) in [6.45, 7) is 7.84. The molecule has 1 aliphatic rings. The lowest BCUT2D eigenvalue weighted by atomic mass is 10.0. The summed E-state index contributed by atoms with van der Waals surface area (Å²) in [6.07, 6.45) is 3.35. The second kappa shape index (κ2) is 9.06. The van der Waals surface area contributed by atoms with E-state index in [1.165, 1.54) is 23.7 Å². The molecule has 0 radical (unpaired) electrons. The summed E-state index contributed by atoms with van der Waals surface area (Å²) in [6, 6.07) is 6.61. The van der Waals surface area contributed by atoms with Gasteiger partial charge in [0.2, 0.25) is 5.91 Å². The van der Waals surface area contributed by atoms with Crippen molar-refractivity contribution in [2.75, 3.05) is 18.1 Å². The first-order chi connectivity index (χ1) is 13.0. The van der Waals surface area contributed by atoms with Crippen molar-refractivity contribution in [2.45, 2.75) is 52.6 Å². The maximum absolute atomic E-state index is 12.4. The number of amides is 2. The maximum Gasteiger partial charge on any atom is 0.258 e. The lowest BCUT2D eigenvalue weighted by Crippen LogP contribution is -2.43. The van der Waals surface area contributed by atoms with Gasteiger partial charge < -0.3 is 9.47 Å². The van der Waals surface area contributed by atoms with Crippen molar-refractivity contribution < 1.29 is 9.59 Å². The van der Waals surface area contributed by atoms with Gasteiger partial charge in [-0.2, -0.15) is 4.99 Å². The van der Waals surface area contributed by atoms with Gasteiger partial charge in [0.1, 0.15) is 0 Å². The normalized spacial score (nSPS) is 18.3. The summed E-state index contributed by atoms with van der Waals surface area (Å²) in [4.78, 5) is 31.7. The van der Waals surface area contributed by atoms with Gasteiger partial charge in [0.25, 0.3) is 5.91 Å². The summed E-state index contributed by atoms with van der Waals surface area (Å²) >= 11 is 2.91. The maximum atomic E-state index is 12.4. The number of benzene rings is 1. The zero-order valence-corrected chi connectivity index (χ0v) is 17.9. The van der Waals surface area contributed by atoms with Crippen molar-refractivity contribution in [3.8, 4) is 0 Å². The van der Waals surface area contributed by atoms with Crippen molar-refractivity contribution in [1.29, 1.82) is 0 Å². The number of fused-ring (bicyclic) bond motifs is 1. The fourth-order valence-corrected chi connectivity index (χ4v) is 5.38. The minimum atomic E-state index is -0.176. The highest BCUT2D eigenvalue weighted by Gasteiger charge is 2.22. The first-order valence-corrected chi connectivity index (χ1v) is 11.5. The molecule has 146 valence electrons. The molecule has 0 spiro atoms. The fraction of sp³-hybridized carbons (Fsp3) is 0.550. The standard InChI is InChI=1S/C20H27N3O2S2/c1-4-22-16-9-8-14(2)11-17(16)27-20(22)21-18(24)12-26-13-19(25)23-10-6-5-7-15(23)3/h8-9,11,15H,4-7,10,12-13H2,1-3H3/t15-/m0/s1. The topological polar surface area (TPSA) is 54.7 Å². The summed E-state index contributed by atoms with van der Waals surface area (Å²) in [7, 11) is 0. The van der Waals surface area contributed by atoms with Gasteiger partial charge in [-0.3, -0.25) is 9.59 Å². The van der Waals surface area contributed by atoms with Gasteiger partial charge in [0.05, 0.1) is 21.7 Å². The van der Waals surface area contributed by atoms with E-state index in [1.54, 1.807) is 11.3 Å². The van der Waals surface area contributed by atoms with Crippen LogP contribution < -0.4 is 4.80 Å². The number of rotatable bonds is 5. The Morgan fingerprint density at radius 2 is 2.11 bits per heavy atom. The Kier molecular flexibility index (Phi) is 6.76. The monoisotopic (exact) mass is 405 g/mol. The van der Waals surface area contributed by atoms with Crippen LogP contribution in [0.25, 0.3) is 10.2 Å². The largest absolute Gasteiger partial charge is 0.339 e. The van der Waals surface area contributed by atoms with Gasteiger partial charge in [-0.25, -0.2) is 0 Å². The van der Waals surface area contributed by atoms with Crippen LogP contribution in [0.15, 0.2) is 23.2 Å². The molecule has 1 aromatic heterocycles. The molecule has 2 heterocycles. The third-order valence-corrected chi connectivity index (χ3v) is 6.89. The van der Waals surface area contributed by atoms with E-state index >= 15 is 0 Å². The molecule has 0 aliphatic carbocycles. The van der Waals surface area contributed by atoms with Gasteiger partial charge >= 0.3 is 0 Å². The van der Waals surface area contributed by atoms with Crippen molar-refractivity contribution in [3.05, 3.63) is 28.6 Å². The molecular formula is C20H27N3O2S2. The number of nitrogens with zero attached hydrogens (tertiary/aromatic N) is 3. The van der Waals surface area contributed by atoms with Crippen LogP contribution in [0.3, 0.4) is 0 Å². The van der Waals surface area contributed by atoms with E-state index in [2.05, 4.69) is 48.5 Å². The number of hydrogen-bond acceptors (Lipinski definition) is 4. The van der Waals surface area contributed by atoms with Gasteiger partial charge in [-0.15, -0.1) is 11.8 Å². The number of piperidine rings is 1.